The fraction of sp³-hybridized carbons (Fsp3) is 0.321. The Morgan fingerprint density at radius 1 is 1.02 bits per heavy atom. The summed E-state index contributed by atoms with van der Waals surface area (Å²) < 4.78 is 10.1. The summed E-state index contributed by atoms with van der Waals surface area (Å²) in [5.74, 6) is -3.27. The van der Waals surface area contributed by atoms with Crippen LogP contribution in [0.2, 0.25) is 0 Å². The van der Waals surface area contributed by atoms with Gasteiger partial charge in [-0.2, -0.15) is 0 Å². The van der Waals surface area contributed by atoms with Gasteiger partial charge in [0.2, 0.25) is 11.8 Å². The molecule has 2 saturated heterocycles. The standard InChI is InChI=1S/C28H27N3O8S.Na/c1-15(32)39-13-17-14-40-27-22(26(35)31(27)24(17)28(36)37)29-21(33)12-20-23(16-6-4-3-5-7-16)30(25(20)34)18-8-10-19(38-2)11-9-18;/h3-11,20,22-23,27H,12-14H2,1-2H3,(H,29,33)(H,36,37);/q;+1/p-1/t20?,22-,23?,27-;/m1./s1. The molecule has 1 N–H and O–H groups in total. The molecule has 2 aromatic rings. The van der Waals surface area contributed by atoms with E-state index in [2.05, 4.69) is 5.32 Å². The van der Waals surface area contributed by atoms with Gasteiger partial charge in [0, 0.05) is 30.4 Å². The number of hydrogen-bond donors (Lipinski definition) is 1. The summed E-state index contributed by atoms with van der Waals surface area (Å²) in [4.78, 5) is 65.0. The first-order valence-electron chi connectivity index (χ1n) is 12.5. The second-order valence-corrected chi connectivity index (χ2v) is 10.7. The van der Waals surface area contributed by atoms with Crippen LogP contribution in [0.5, 0.6) is 5.75 Å². The van der Waals surface area contributed by atoms with Gasteiger partial charge in [-0.3, -0.25) is 24.1 Å². The molecule has 5 rings (SSSR count). The molecule has 4 atom stereocenters. The van der Waals surface area contributed by atoms with E-state index in [0.29, 0.717) is 11.4 Å². The summed E-state index contributed by atoms with van der Waals surface area (Å²) in [6.07, 6.45) is -0.146. The number of benzene rings is 2. The number of fused-ring (bicyclic) bond motifs is 1. The number of ether oxygens (including phenoxy) is 2. The molecule has 0 aliphatic carbocycles. The molecule has 0 spiro atoms. The van der Waals surface area contributed by atoms with Gasteiger partial charge in [-0.05, 0) is 29.8 Å². The van der Waals surface area contributed by atoms with E-state index in [4.69, 9.17) is 9.47 Å². The van der Waals surface area contributed by atoms with Crippen LogP contribution in [-0.2, 0) is 28.7 Å². The van der Waals surface area contributed by atoms with Crippen molar-refractivity contribution in [3.05, 3.63) is 71.4 Å². The Morgan fingerprint density at radius 3 is 2.32 bits per heavy atom. The predicted octanol–water partition coefficient (Wildman–Crippen LogP) is -2.24. The Bertz CT molecular complexity index is 1400. The topological polar surface area (TPSA) is 145 Å². The van der Waals surface area contributed by atoms with E-state index in [1.807, 2.05) is 30.3 Å². The van der Waals surface area contributed by atoms with Crippen molar-refractivity contribution >= 4 is 47.1 Å². The number of carbonyl (C=O) groups is 5. The van der Waals surface area contributed by atoms with Crippen LogP contribution in [0.15, 0.2) is 65.9 Å². The minimum atomic E-state index is -1.56. The number of rotatable bonds is 9. The number of anilines is 1. The average Bonchev–Trinajstić information content (AvgIpc) is 2.96. The molecular formula is C28H26N3NaO8S. The molecule has 2 unspecified atom stereocenters. The molecule has 3 aliphatic heterocycles. The van der Waals surface area contributed by atoms with Crippen LogP contribution in [0.25, 0.3) is 0 Å². The smallest absolute Gasteiger partial charge is 0.543 e. The monoisotopic (exact) mass is 587 g/mol. The third-order valence-electron chi connectivity index (χ3n) is 7.12. The van der Waals surface area contributed by atoms with E-state index in [9.17, 15) is 29.1 Å². The number of nitrogens with one attached hydrogen (secondary N) is 1. The Morgan fingerprint density at radius 2 is 1.71 bits per heavy atom. The van der Waals surface area contributed by atoms with Gasteiger partial charge in [0.1, 0.15) is 23.8 Å². The second kappa shape index (κ2) is 12.7. The summed E-state index contributed by atoms with van der Waals surface area (Å²) >= 11 is 1.25. The van der Waals surface area contributed by atoms with Crippen molar-refractivity contribution in [2.75, 3.05) is 24.4 Å². The SMILES string of the molecule is COc1ccc(N2C(=O)C(CC(=O)N[C@@H]3C(=O)N4C(C(=O)[O-])=C(COC(C)=O)CS[C@H]34)C2c2ccccc2)cc1.[Na+]. The molecule has 3 aliphatic rings. The number of nitrogens with zero attached hydrogens (tertiary/aromatic N) is 2. The fourth-order valence-corrected chi connectivity index (χ4v) is 6.54. The van der Waals surface area contributed by atoms with Gasteiger partial charge < -0.3 is 29.6 Å². The van der Waals surface area contributed by atoms with Crippen LogP contribution in [-0.4, -0.2) is 65.4 Å². The molecule has 2 fully saturated rings. The van der Waals surface area contributed by atoms with Gasteiger partial charge in [0.25, 0.3) is 5.91 Å². The maximum atomic E-state index is 13.3. The first kappa shape index (κ1) is 30.6. The van der Waals surface area contributed by atoms with Gasteiger partial charge in [-0.15, -0.1) is 11.8 Å². The number of carboxylic acids is 1. The van der Waals surface area contributed by atoms with Crippen LogP contribution in [0.3, 0.4) is 0 Å². The average molecular weight is 588 g/mol. The molecule has 3 heterocycles. The van der Waals surface area contributed by atoms with E-state index in [0.717, 1.165) is 10.5 Å². The molecule has 11 nitrogen and oxygen atoms in total. The van der Waals surface area contributed by atoms with Gasteiger partial charge >= 0.3 is 35.5 Å². The van der Waals surface area contributed by atoms with Gasteiger partial charge in [-0.25, -0.2) is 0 Å². The first-order valence-corrected chi connectivity index (χ1v) is 13.6. The largest absolute Gasteiger partial charge is 1.00 e. The molecule has 0 aromatic heterocycles. The summed E-state index contributed by atoms with van der Waals surface area (Å²) in [6, 6.07) is 15.1. The van der Waals surface area contributed by atoms with Crippen LogP contribution < -0.4 is 49.6 Å². The Labute approximate surface area is 262 Å². The molecule has 13 heteroatoms. The van der Waals surface area contributed by atoms with Crippen molar-refractivity contribution in [2.24, 2.45) is 5.92 Å². The molecule has 208 valence electrons. The quantitative estimate of drug-likeness (QED) is 0.196. The maximum absolute atomic E-state index is 13.3. The number of thioether (sulfide) groups is 1. The summed E-state index contributed by atoms with van der Waals surface area (Å²) in [7, 11) is 1.56. The Kier molecular flexibility index (Phi) is 9.48. The first-order chi connectivity index (χ1) is 19.2. The van der Waals surface area contributed by atoms with Gasteiger partial charge in [-0.1, -0.05) is 30.3 Å². The number of esters is 1. The number of β-lactam (4-membered cyclic amide) rings is 2. The zero-order chi connectivity index (χ0) is 28.6. The number of carbonyl (C=O) groups excluding carboxylic acids is 5. The summed E-state index contributed by atoms with van der Waals surface area (Å²) in [6.45, 7) is 0.929. The van der Waals surface area contributed by atoms with E-state index in [1.54, 1.807) is 36.3 Å². The summed E-state index contributed by atoms with van der Waals surface area (Å²) in [5, 5.41) is 13.8. The van der Waals surface area contributed by atoms with E-state index < -0.39 is 41.1 Å². The van der Waals surface area contributed by atoms with Crippen molar-refractivity contribution in [1.29, 1.82) is 0 Å². The normalized spacial score (nSPS) is 23.0. The van der Waals surface area contributed by atoms with E-state index in [-0.39, 0.29) is 71.6 Å². The summed E-state index contributed by atoms with van der Waals surface area (Å²) in [5.41, 5.74) is 1.45. The minimum absolute atomic E-state index is 0. The number of aliphatic carboxylic acids is 1. The number of hydrogen-bond acceptors (Lipinski definition) is 9. The van der Waals surface area contributed by atoms with Crippen LogP contribution >= 0.6 is 11.8 Å². The number of methoxy groups -OCH3 is 1. The molecule has 0 saturated carbocycles. The van der Waals surface area contributed by atoms with Crippen molar-refractivity contribution in [2.45, 2.75) is 30.8 Å². The van der Waals surface area contributed by atoms with Crippen LogP contribution in [0.1, 0.15) is 24.9 Å². The fourth-order valence-electron chi connectivity index (χ4n) is 5.21. The van der Waals surface area contributed by atoms with E-state index in [1.165, 1.54) is 18.7 Å². The van der Waals surface area contributed by atoms with Crippen molar-refractivity contribution in [3.8, 4) is 5.75 Å². The van der Waals surface area contributed by atoms with Gasteiger partial charge in [0.05, 0.1) is 30.7 Å². The number of amides is 3. The third kappa shape index (κ3) is 5.87. The van der Waals surface area contributed by atoms with E-state index >= 15 is 0 Å². The zero-order valence-corrected chi connectivity index (χ0v) is 25.5. The third-order valence-corrected chi connectivity index (χ3v) is 8.46. The molecular weight excluding hydrogens is 561 g/mol. The molecule has 2 aromatic carbocycles. The van der Waals surface area contributed by atoms with Crippen LogP contribution in [0, 0.1) is 5.92 Å². The Balaban J connectivity index is 0.00000387. The maximum Gasteiger partial charge on any atom is 1.00 e. The molecule has 0 bridgehead atoms. The molecule has 41 heavy (non-hydrogen) atoms. The van der Waals surface area contributed by atoms with Crippen LogP contribution in [0.4, 0.5) is 5.69 Å². The van der Waals surface area contributed by atoms with Gasteiger partial charge in [0.15, 0.2) is 0 Å². The molecule has 3 amide bonds. The van der Waals surface area contributed by atoms with Crippen molar-refractivity contribution in [1.82, 2.24) is 10.2 Å². The van der Waals surface area contributed by atoms with Crippen molar-refractivity contribution in [3.63, 3.8) is 0 Å². The predicted molar refractivity (Wildman–Crippen MR) is 141 cm³/mol. The Hall–Kier alpha value is -3.32. The zero-order valence-electron chi connectivity index (χ0n) is 22.7. The van der Waals surface area contributed by atoms with Crippen molar-refractivity contribution < 1.29 is 68.1 Å². The second-order valence-electron chi connectivity index (χ2n) is 9.55. The minimum Gasteiger partial charge on any atom is -0.543 e. The molecule has 0 radical (unpaired) electrons. The number of carboxylic acid groups (broad SMARTS) is 1.